The van der Waals surface area contributed by atoms with Gasteiger partial charge in [0.1, 0.15) is 0 Å². The van der Waals surface area contributed by atoms with Gasteiger partial charge in [0.25, 0.3) is 0 Å². The molecular formula is C19H27NO2. The molecule has 4 rings (SSSR count). The zero-order valence-corrected chi connectivity index (χ0v) is 13.4. The van der Waals surface area contributed by atoms with Crippen LogP contribution in [0.1, 0.15) is 50.5 Å². The highest BCUT2D eigenvalue weighted by Crippen LogP contribution is 2.45. The number of ether oxygens (including phenoxy) is 2. The second kappa shape index (κ2) is 5.95. The van der Waals surface area contributed by atoms with Crippen molar-refractivity contribution < 1.29 is 9.47 Å². The molecule has 1 spiro atoms. The number of nitrogens with zero attached hydrogens (tertiary/aromatic N) is 1. The number of benzene rings is 1. The minimum absolute atomic E-state index is 0.250. The van der Waals surface area contributed by atoms with Crippen LogP contribution in [-0.2, 0) is 15.0 Å². The number of hydrogen-bond acceptors (Lipinski definition) is 3. The average molecular weight is 301 g/mol. The second-order valence-corrected chi connectivity index (χ2v) is 7.05. The quantitative estimate of drug-likeness (QED) is 0.831. The Kier molecular flexibility index (Phi) is 3.97. The molecule has 3 nitrogen and oxygen atoms in total. The lowest BCUT2D eigenvalue weighted by molar-refractivity contribution is -0.195. The lowest BCUT2D eigenvalue weighted by Gasteiger charge is -2.51. The number of hydrogen-bond donors (Lipinski definition) is 0. The first-order valence-corrected chi connectivity index (χ1v) is 8.92. The molecule has 1 saturated carbocycles. The molecule has 0 radical (unpaired) electrons. The van der Waals surface area contributed by atoms with Crippen molar-refractivity contribution in [3.63, 3.8) is 0 Å². The van der Waals surface area contributed by atoms with Gasteiger partial charge in [-0.3, -0.25) is 4.90 Å². The molecular weight excluding hydrogens is 274 g/mol. The van der Waals surface area contributed by atoms with Crippen LogP contribution in [0, 0.1) is 0 Å². The molecule has 0 aromatic heterocycles. The topological polar surface area (TPSA) is 21.7 Å². The van der Waals surface area contributed by atoms with E-state index in [1.165, 1.54) is 37.7 Å². The molecule has 2 aliphatic heterocycles. The van der Waals surface area contributed by atoms with E-state index in [9.17, 15) is 0 Å². The third-order valence-corrected chi connectivity index (χ3v) is 5.94. The summed E-state index contributed by atoms with van der Waals surface area (Å²) >= 11 is 0. The average Bonchev–Trinajstić information content (AvgIpc) is 3.05. The lowest BCUT2D eigenvalue weighted by atomic mass is 9.74. The van der Waals surface area contributed by atoms with Crippen molar-refractivity contribution in [1.82, 2.24) is 4.90 Å². The molecule has 0 N–H and O–H groups in total. The first kappa shape index (κ1) is 14.7. The fourth-order valence-corrected chi connectivity index (χ4v) is 4.73. The van der Waals surface area contributed by atoms with Crippen molar-refractivity contribution in [2.75, 3.05) is 26.3 Å². The van der Waals surface area contributed by atoms with Gasteiger partial charge < -0.3 is 9.47 Å². The summed E-state index contributed by atoms with van der Waals surface area (Å²) in [6, 6.07) is 11.2. The van der Waals surface area contributed by atoms with E-state index < -0.39 is 0 Å². The first-order chi connectivity index (χ1) is 10.8. The molecule has 3 heteroatoms. The van der Waals surface area contributed by atoms with Crippen LogP contribution < -0.4 is 0 Å². The van der Waals surface area contributed by atoms with Crippen molar-refractivity contribution >= 4 is 0 Å². The molecule has 0 atom stereocenters. The van der Waals surface area contributed by atoms with Gasteiger partial charge in [-0.2, -0.15) is 0 Å². The van der Waals surface area contributed by atoms with Crippen LogP contribution in [-0.4, -0.2) is 37.0 Å². The Labute approximate surface area is 133 Å². The molecule has 1 aromatic rings. The third-order valence-electron chi connectivity index (χ3n) is 5.94. The third kappa shape index (κ3) is 2.49. The number of piperidine rings is 1. The Bertz CT molecular complexity index is 479. The van der Waals surface area contributed by atoms with Gasteiger partial charge in [-0.05, 0) is 18.4 Å². The minimum Gasteiger partial charge on any atom is -0.347 e. The van der Waals surface area contributed by atoms with Gasteiger partial charge in [0, 0.05) is 31.5 Å². The molecule has 3 aliphatic rings. The van der Waals surface area contributed by atoms with E-state index >= 15 is 0 Å². The lowest BCUT2D eigenvalue weighted by Crippen LogP contribution is -2.54. The SMILES string of the molecule is c1ccc(C2(N3CCC4(CC3)OCCO4)CCCCC2)cc1. The van der Waals surface area contributed by atoms with E-state index in [0.717, 1.165) is 39.1 Å². The molecule has 0 bridgehead atoms. The van der Waals surface area contributed by atoms with Gasteiger partial charge in [-0.25, -0.2) is 0 Å². The largest absolute Gasteiger partial charge is 0.347 e. The van der Waals surface area contributed by atoms with E-state index in [2.05, 4.69) is 35.2 Å². The Morgan fingerprint density at radius 1 is 0.773 bits per heavy atom. The van der Waals surface area contributed by atoms with E-state index in [4.69, 9.17) is 9.47 Å². The maximum atomic E-state index is 5.91. The molecule has 22 heavy (non-hydrogen) atoms. The molecule has 2 heterocycles. The van der Waals surface area contributed by atoms with Gasteiger partial charge in [0.15, 0.2) is 5.79 Å². The molecule has 3 fully saturated rings. The summed E-state index contributed by atoms with van der Waals surface area (Å²) in [5.74, 6) is -0.261. The van der Waals surface area contributed by atoms with Crippen molar-refractivity contribution in [2.24, 2.45) is 0 Å². The van der Waals surface area contributed by atoms with E-state index in [1.54, 1.807) is 0 Å². The van der Waals surface area contributed by atoms with Crippen LogP contribution >= 0.6 is 0 Å². The summed E-state index contributed by atoms with van der Waals surface area (Å²) in [5.41, 5.74) is 1.76. The Hall–Kier alpha value is -0.900. The Balaban J connectivity index is 1.57. The Morgan fingerprint density at radius 2 is 1.41 bits per heavy atom. The van der Waals surface area contributed by atoms with E-state index in [0.29, 0.717) is 0 Å². The standard InChI is InChI=1S/C19H27NO2/c1-3-7-17(8-4-1)18(9-5-2-6-10-18)20-13-11-19(12-14-20)21-15-16-22-19/h1,3-4,7-8H,2,5-6,9-16H2. The van der Waals surface area contributed by atoms with Crippen molar-refractivity contribution in [1.29, 1.82) is 0 Å². The van der Waals surface area contributed by atoms with Crippen LogP contribution in [0.15, 0.2) is 30.3 Å². The monoisotopic (exact) mass is 301 g/mol. The van der Waals surface area contributed by atoms with Crippen LogP contribution in [0.3, 0.4) is 0 Å². The summed E-state index contributed by atoms with van der Waals surface area (Å²) in [6.45, 7) is 3.72. The normalized spacial score (nSPS) is 28.0. The van der Waals surface area contributed by atoms with Crippen LogP contribution in [0.4, 0.5) is 0 Å². The van der Waals surface area contributed by atoms with Gasteiger partial charge in [0.05, 0.1) is 13.2 Å². The van der Waals surface area contributed by atoms with Gasteiger partial charge in [-0.1, -0.05) is 49.6 Å². The highest BCUT2D eigenvalue weighted by molar-refractivity contribution is 5.25. The van der Waals surface area contributed by atoms with Crippen molar-refractivity contribution in [3.8, 4) is 0 Å². The molecule has 1 aromatic carbocycles. The smallest absolute Gasteiger partial charge is 0.170 e. The highest BCUT2D eigenvalue weighted by atomic mass is 16.7. The summed E-state index contributed by atoms with van der Waals surface area (Å²) in [5, 5.41) is 0. The maximum Gasteiger partial charge on any atom is 0.170 e. The number of rotatable bonds is 2. The fourth-order valence-electron chi connectivity index (χ4n) is 4.73. The summed E-state index contributed by atoms with van der Waals surface area (Å²) < 4.78 is 11.8. The molecule has 120 valence electrons. The molecule has 0 amide bonds. The van der Waals surface area contributed by atoms with Crippen LogP contribution in [0.25, 0.3) is 0 Å². The maximum absolute atomic E-state index is 5.91. The molecule has 2 saturated heterocycles. The molecule has 1 aliphatic carbocycles. The summed E-state index contributed by atoms with van der Waals surface area (Å²) in [7, 11) is 0. The first-order valence-electron chi connectivity index (χ1n) is 8.92. The zero-order chi connectivity index (χ0) is 14.9. The van der Waals surface area contributed by atoms with E-state index in [1.807, 2.05) is 0 Å². The minimum atomic E-state index is -0.261. The predicted molar refractivity (Wildman–Crippen MR) is 86.6 cm³/mol. The Morgan fingerprint density at radius 3 is 2.05 bits per heavy atom. The van der Waals surface area contributed by atoms with Gasteiger partial charge >= 0.3 is 0 Å². The van der Waals surface area contributed by atoms with Crippen LogP contribution in [0.5, 0.6) is 0 Å². The zero-order valence-electron chi connectivity index (χ0n) is 13.4. The van der Waals surface area contributed by atoms with Gasteiger partial charge in [-0.15, -0.1) is 0 Å². The summed E-state index contributed by atoms with van der Waals surface area (Å²) in [4.78, 5) is 2.73. The number of likely N-dealkylation sites (tertiary alicyclic amines) is 1. The van der Waals surface area contributed by atoms with E-state index in [-0.39, 0.29) is 11.3 Å². The van der Waals surface area contributed by atoms with Crippen molar-refractivity contribution in [2.45, 2.75) is 56.3 Å². The van der Waals surface area contributed by atoms with Crippen LogP contribution in [0.2, 0.25) is 0 Å². The highest BCUT2D eigenvalue weighted by Gasteiger charge is 2.46. The second-order valence-electron chi connectivity index (χ2n) is 7.05. The predicted octanol–water partition coefficient (Wildman–Crippen LogP) is 3.68. The van der Waals surface area contributed by atoms with Gasteiger partial charge in [0.2, 0.25) is 0 Å². The molecule has 0 unspecified atom stereocenters. The summed E-state index contributed by atoms with van der Waals surface area (Å²) in [6.07, 6.45) is 8.71. The fraction of sp³-hybridized carbons (Fsp3) is 0.684. The van der Waals surface area contributed by atoms with Crippen molar-refractivity contribution in [3.05, 3.63) is 35.9 Å².